The number of carbonyl (C=O) groups excluding carboxylic acids is 1. The summed E-state index contributed by atoms with van der Waals surface area (Å²) in [5, 5.41) is 2.73. The average molecular weight is 442 g/mol. The van der Waals surface area contributed by atoms with Gasteiger partial charge in [0.2, 0.25) is 5.91 Å². The van der Waals surface area contributed by atoms with Gasteiger partial charge in [-0.2, -0.15) is 13.2 Å². The fourth-order valence-corrected chi connectivity index (χ4v) is 3.50. The molecule has 0 aliphatic heterocycles. The SMILES string of the molecule is CNC(=O)[C@H](c1ccccc1)N(CCCc1ccc(C(F)(F)F)nc1)c1cccc(C)n1. The van der Waals surface area contributed by atoms with Crippen LogP contribution in [-0.4, -0.2) is 29.5 Å². The van der Waals surface area contributed by atoms with E-state index in [2.05, 4.69) is 15.3 Å². The smallest absolute Gasteiger partial charge is 0.357 e. The number of anilines is 1. The summed E-state index contributed by atoms with van der Waals surface area (Å²) in [6, 6.07) is 16.9. The maximum absolute atomic E-state index is 12.9. The number of aromatic nitrogens is 2. The Kier molecular flexibility index (Phi) is 7.45. The molecule has 3 aromatic rings. The molecule has 0 radical (unpaired) electrons. The molecule has 2 heterocycles. The van der Waals surface area contributed by atoms with Crippen LogP contribution in [-0.2, 0) is 17.4 Å². The van der Waals surface area contributed by atoms with Gasteiger partial charge in [-0.15, -0.1) is 0 Å². The number of rotatable bonds is 8. The molecule has 0 unspecified atom stereocenters. The topological polar surface area (TPSA) is 58.1 Å². The van der Waals surface area contributed by atoms with Crippen LogP contribution in [0.2, 0.25) is 0 Å². The van der Waals surface area contributed by atoms with Crippen molar-refractivity contribution in [2.45, 2.75) is 32.0 Å². The van der Waals surface area contributed by atoms with Crippen molar-refractivity contribution in [1.82, 2.24) is 15.3 Å². The van der Waals surface area contributed by atoms with Crippen LogP contribution >= 0.6 is 0 Å². The second kappa shape index (κ2) is 10.3. The van der Waals surface area contributed by atoms with Gasteiger partial charge < -0.3 is 10.2 Å². The zero-order chi connectivity index (χ0) is 23.1. The minimum Gasteiger partial charge on any atom is -0.357 e. The lowest BCUT2D eigenvalue weighted by molar-refractivity contribution is -0.141. The minimum absolute atomic E-state index is 0.171. The number of hydrogen-bond acceptors (Lipinski definition) is 4. The minimum atomic E-state index is -4.46. The lowest BCUT2D eigenvalue weighted by Gasteiger charge is -2.32. The van der Waals surface area contributed by atoms with E-state index >= 15 is 0 Å². The molecule has 32 heavy (non-hydrogen) atoms. The second-order valence-electron chi connectivity index (χ2n) is 7.41. The van der Waals surface area contributed by atoms with Crippen LogP contribution in [0.5, 0.6) is 0 Å². The van der Waals surface area contributed by atoms with Gasteiger partial charge in [0, 0.05) is 25.5 Å². The van der Waals surface area contributed by atoms with Crippen molar-refractivity contribution in [1.29, 1.82) is 0 Å². The third-order valence-corrected chi connectivity index (χ3v) is 5.07. The Labute approximate surface area is 185 Å². The van der Waals surface area contributed by atoms with Crippen molar-refractivity contribution in [2.75, 3.05) is 18.5 Å². The molecule has 0 fully saturated rings. The Hall–Kier alpha value is -3.42. The molecule has 168 valence electrons. The first-order valence-corrected chi connectivity index (χ1v) is 10.3. The van der Waals surface area contributed by atoms with E-state index in [-0.39, 0.29) is 5.91 Å². The summed E-state index contributed by atoms with van der Waals surface area (Å²) in [7, 11) is 1.59. The van der Waals surface area contributed by atoms with Crippen LogP contribution < -0.4 is 10.2 Å². The van der Waals surface area contributed by atoms with Gasteiger partial charge in [-0.25, -0.2) is 4.98 Å². The fourth-order valence-electron chi connectivity index (χ4n) is 3.50. The van der Waals surface area contributed by atoms with E-state index in [0.29, 0.717) is 30.8 Å². The quantitative estimate of drug-likeness (QED) is 0.548. The van der Waals surface area contributed by atoms with Gasteiger partial charge in [0.05, 0.1) is 0 Å². The highest BCUT2D eigenvalue weighted by Gasteiger charge is 2.32. The number of carbonyl (C=O) groups is 1. The molecule has 0 saturated heterocycles. The van der Waals surface area contributed by atoms with E-state index in [1.165, 1.54) is 12.3 Å². The average Bonchev–Trinajstić information content (AvgIpc) is 2.78. The molecule has 1 aromatic carbocycles. The molecular formula is C24H25F3N4O. The number of aryl methyl sites for hydroxylation is 2. The van der Waals surface area contributed by atoms with Crippen molar-refractivity contribution in [3.05, 3.63) is 89.4 Å². The van der Waals surface area contributed by atoms with E-state index in [4.69, 9.17) is 0 Å². The molecule has 8 heteroatoms. The van der Waals surface area contributed by atoms with Gasteiger partial charge in [-0.05, 0) is 49.1 Å². The number of hydrogen-bond donors (Lipinski definition) is 1. The van der Waals surface area contributed by atoms with Gasteiger partial charge in [-0.3, -0.25) is 9.78 Å². The van der Waals surface area contributed by atoms with Crippen molar-refractivity contribution in [3.63, 3.8) is 0 Å². The number of likely N-dealkylation sites (N-methyl/N-ethyl adjacent to an activating group) is 1. The van der Waals surface area contributed by atoms with E-state index < -0.39 is 17.9 Å². The zero-order valence-corrected chi connectivity index (χ0v) is 17.9. The Morgan fingerprint density at radius 3 is 2.41 bits per heavy atom. The molecule has 2 aromatic heterocycles. The van der Waals surface area contributed by atoms with Crippen molar-refractivity contribution < 1.29 is 18.0 Å². The summed E-state index contributed by atoms with van der Waals surface area (Å²) in [5.41, 5.74) is 1.44. The molecule has 0 aliphatic rings. The number of benzene rings is 1. The number of alkyl halides is 3. The summed E-state index contributed by atoms with van der Waals surface area (Å²) < 4.78 is 38.2. The van der Waals surface area contributed by atoms with Gasteiger partial charge in [0.15, 0.2) is 0 Å². The van der Waals surface area contributed by atoms with Gasteiger partial charge >= 0.3 is 6.18 Å². The van der Waals surface area contributed by atoms with Crippen molar-refractivity contribution in [3.8, 4) is 0 Å². The third kappa shape index (κ3) is 5.84. The van der Waals surface area contributed by atoms with Crippen molar-refractivity contribution >= 4 is 11.7 Å². The predicted octanol–water partition coefficient (Wildman–Crippen LogP) is 4.73. The monoisotopic (exact) mass is 442 g/mol. The lowest BCUT2D eigenvalue weighted by Crippen LogP contribution is -2.40. The second-order valence-corrected chi connectivity index (χ2v) is 7.41. The fraction of sp³-hybridized carbons (Fsp3) is 0.292. The largest absolute Gasteiger partial charge is 0.433 e. The Morgan fingerprint density at radius 2 is 1.81 bits per heavy atom. The highest BCUT2D eigenvalue weighted by atomic mass is 19.4. The van der Waals surface area contributed by atoms with Crippen LogP contribution in [0, 0.1) is 6.92 Å². The zero-order valence-electron chi connectivity index (χ0n) is 17.9. The Balaban J connectivity index is 1.84. The van der Waals surface area contributed by atoms with Crippen LogP contribution in [0.25, 0.3) is 0 Å². The van der Waals surface area contributed by atoms with Crippen LogP contribution in [0.15, 0.2) is 66.9 Å². The third-order valence-electron chi connectivity index (χ3n) is 5.07. The molecular weight excluding hydrogens is 417 g/mol. The van der Waals surface area contributed by atoms with E-state index in [1.807, 2.05) is 60.4 Å². The van der Waals surface area contributed by atoms with Gasteiger partial charge in [-0.1, -0.05) is 42.5 Å². The van der Waals surface area contributed by atoms with E-state index in [0.717, 1.165) is 17.3 Å². The highest BCUT2D eigenvalue weighted by Crippen LogP contribution is 2.28. The number of amides is 1. The lowest BCUT2D eigenvalue weighted by atomic mass is 10.0. The van der Waals surface area contributed by atoms with E-state index in [1.54, 1.807) is 7.05 Å². The molecule has 1 N–H and O–H groups in total. The summed E-state index contributed by atoms with van der Waals surface area (Å²) in [5.74, 6) is 0.490. The molecule has 5 nitrogen and oxygen atoms in total. The first kappa shape index (κ1) is 23.2. The van der Waals surface area contributed by atoms with Gasteiger partial charge in [0.1, 0.15) is 17.6 Å². The molecule has 0 saturated carbocycles. The van der Waals surface area contributed by atoms with Gasteiger partial charge in [0.25, 0.3) is 0 Å². The summed E-state index contributed by atoms with van der Waals surface area (Å²) in [6.07, 6.45) is -2.08. The highest BCUT2D eigenvalue weighted by molar-refractivity contribution is 5.86. The maximum Gasteiger partial charge on any atom is 0.433 e. The first-order chi connectivity index (χ1) is 15.3. The van der Waals surface area contributed by atoms with Crippen LogP contribution in [0.4, 0.5) is 19.0 Å². The van der Waals surface area contributed by atoms with Crippen molar-refractivity contribution in [2.24, 2.45) is 0 Å². The molecule has 3 rings (SSSR count). The molecule has 0 aliphatic carbocycles. The first-order valence-electron chi connectivity index (χ1n) is 10.3. The molecule has 0 bridgehead atoms. The maximum atomic E-state index is 12.9. The standard InChI is InChI=1S/C24H25F3N4O/c1-17-8-6-12-21(30-17)31(22(23(32)28-2)19-10-4-3-5-11-19)15-7-9-18-13-14-20(29-16-18)24(25,26)27/h3-6,8,10-14,16,22H,7,9,15H2,1-2H3,(H,28,32)/t22-/m0/s1. The Morgan fingerprint density at radius 1 is 1.06 bits per heavy atom. The predicted molar refractivity (Wildman–Crippen MR) is 117 cm³/mol. The number of pyridine rings is 2. The molecule has 1 amide bonds. The molecule has 1 atom stereocenters. The summed E-state index contributed by atoms with van der Waals surface area (Å²) in [6.45, 7) is 2.36. The molecule has 0 spiro atoms. The van der Waals surface area contributed by atoms with Crippen LogP contribution in [0.1, 0.15) is 35.0 Å². The Bertz CT molecular complexity index is 1020. The number of nitrogens with one attached hydrogen (secondary N) is 1. The van der Waals surface area contributed by atoms with Crippen LogP contribution in [0.3, 0.4) is 0 Å². The number of nitrogens with zero attached hydrogens (tertiary/aromatic N) is 3. The number of halogens is 3. The van der Waals surface area contributed by atoms with E-state index in [9.17, 15) is 18.0 Å². The summed E-state index contributed by atoms with van der Waals surface area (Å²) >= 11 is 0. The summed E-state index contributed by atoms with van der Waals surface area (Å²) in [4.78, 5) is 22.9. The normalized spacial score (nSPS) is 12.3.